The number of hydrogen-bond donors (Lipinski definition) is 0. The number of hydroxylamine groups is 2. The molecule has 0 amide bonds. The molecule has 0 N–H and O–H groups in total. The zero-order valence-electron chi connectivity index (χ0n) is 14.4. The third kappa shape index (κ3) is 2.89. The molecule has 3 aliphatic rings. The minimum Gasteiger partial charge on any atom is -0.497 e. The van der Waals surface area contributed by atoms with E-state index in [0.29, 0.717) is 6.54 Å². The Labute approximate surface area is 146 Å². The van der Waals surface area contributed by atoms with Crippen LogP contribution in [-0.2, 0) is 30.4 Å². The number of rotatable bonds is 5. The highest BCUT2D eigenvalue weighted by molar-refractivity contribution is 6.01. The fourth-order valence-electron chi connectivity index (χ4n) is 3.46. The van der Waals surface area contributed by atoms with E-state index >= 15 is 0 Å². The van der Waals surface area contributed by atoms with E-state index < -0.39 is 23.4 Å². The highest BCUT2D eigenvalue weighted by Gasteiger charge is 2.61. The molecule has 2 atom stereocenters. The fraction of sp³-hybridized carbons (Fsp3) is 0.444. The van der Waals surface area contributed by atoms with Crippen molar-refractivity contribution < 1.29 is 28.6 Å². The molecule has 1 aromatic rings. The summed E-state index contributed by atoms with van der Waals surface area (Å²) >= 11 is 0. The number of fused-ring (bicyclic) bond motifs is 2. The quantitative estimate of drug-likeness (QED) is 0.454. The third-order valence-electron chi connectivity index (χ3n) is 4.71. The van der Waals surface area contributed by atoms with Crippen LogP contribution in [0.5, 0.6) is 5.75 Å². The summed E-state index contributed by atoms with van der Waals surface area (Å²) in [6.45, 7) is 0.408. The fourth-order valence-corrected chi connectivity index (χ4v) is 3.46. The first-order valence-electron chi connectivity index (χ1n) is 7.96. The zero-order chi connectivity index (χ0) is 18.0. The SMILES string of the molecule is COC(=O)C1(C(=O)OC)CC2C=CC1N(Cc1ccc(OC)cc1)O2. The van der Waals surface area contributed by atoms with Crippen molar-refractivity contribution in [2.24, 2.45) is 5.41 Å². The van der Waals surface area contributed by atoms with Gasteiger partial charge in [0.15, 0.2) is 5.41 Å². The molecular formula is C18H21NO6. The van der Waals surface area contributed by atoms with Gasteiger partial charge in [0.1, 0.15) is 5.75 Å². The molecule has 1 aliphatic carbocycles. The van der Waals surface area contributed by atoms with Gasteiger partial charge in [0.25, 0.3) is 0 Å². The van der Waals surface area contributed by atoms with E-state index in [1.54, 1.807) is 12.2 Å². The molecule has 0 saturated carbocycles. The average molecular weight is 347 g/mol. The van der Waals surface area contributed by atoms with Crippen molar-refractivity contribution in [3.63, 3.8) is 0 Å². The van der Waals surface area contributed by atoms with Crippen molar-refractivity contribution in [2.75, 3.05) is 21.3 Å². The molecule has 7 heteroatoms. The maximum atomic E-state index is 12.5. The molecule has 0 aromatic heterocycles. The van der Waals surface area contributed by atoms with Gasteiger partial charge in [-0.2, -0.15) is 5.06 Å². The van der Waals surface area contributed by atoms with Gasteiger partial charge in [0, 0.05) is 13.0 Å². The summed E-state index contributed by atoms with van der Waals surface area (Å²) < 4.78 is 15.0. The first-order valence-corrected chi connectivity index (χ1v) is 7.96. The minimum absolute atomic E-state index is 0.201. The molecule has 1 saturated heterocycles. The highest BCUT2D eigenvalue weighted by Crippen LogP contribution is 2.44. The first kappa shape index (κ1) is 17.4. The number of benzene rings is 1. The number of ether oxygens (including phenoxy) is 3. The average Bonchev–Trinajstić information content (AvgIpc) is 2.67. The van der Waals surface area contributed by atoms with Crippen LogP contribution in [-0.4, -0.2) is 50.5 Å². The zero-order valence-corrected chi connectivity index (χ0v) is 14.4. The van der Waals surface area contributed by atoms with Crippen LogP contribution < -0.4 is 4.74 Å². The van der Waals surface area contributed by atoms with Crippen LogP contribution >= 0.6 is 0 Å². The van der Waals surface area contributed by atoms with Crippen molar-refractivity contribution in [3.8, 4) is 5.75 Å². The second kappa shape index (κ2) is 6.85. The minimum atomic E-state index is -1.42. The number of hydrogen-bond acceptors (Lipinski definition) is 7. The summed E-state index contributed by atoms with van der Waals surface area (Å²) in [7, 11) is 4.15. The van der Waals surface area contributed by atoms with E-state index in [2.05, 4.69) is 0 Å². The molecule has 2 aliphatic heterocycles. The van der Waals surface area contributed by atoms with Crippen molar-refractivity contribution in [2.45, 2.75) is 25.1 Å². The van der Waals surface area contributed by atoms with Gasteiger partial charge in [-0.1, -0.05) is 24.3 Å². The molecule has 2 unspecified atom stereocenters. The van der Waals surface area contributed by atoms with Crippen LogP contribution in [0.2, 0.25) is 0 Å². The molecule has 2 bridgehead atoms. The van der Waals surface area contributed by atoms with Crippen molar-refractivity contribution in [1.29, 1.82) is 0 Å². The molecule has 0 radical (unpaired) electrons. The summed E-state index contributed by atoms with van der Waals surface area (Å²) in [5, 5.41) is 1.64. The standard InChI is InChI=1S/C18H21NO6/c1-22-13-6-4-12(5-7-13)11-19-15-9-8-14(25-19)10-18(15,16(20)23-2)17(21)24-3/h4-9,14-15H,10-11H2,1-3H3. The Morgan fingerprint density at radius 1 is 1.12 bits per heavy atom. The highest BCUT2D eigenvalue weighted by atomic mass is 16.7. The van der Waals surface area contributed by atoms with Gasteiger partial charge in [-0.3, -0.25) is 14.4 Å². The smallest absolute Gasteiger partial charge is 0.325 e. The maximum Gasteiger partial charge on any atom is 0.325 e. The van der Waals surface area contributed by atoms with Gasteiger partial charge in [-0.25, -0.2) is 0 Å². The lowest BCUT2D eigenvalue weighted by Crippen LogP contribution is -2.63. The molecule has 1 fully saturated rings. The Kier molecular flexibility index (Phi) is 4.78. The molecule has 2 heterocycles. The molecule has 1 aromatic carbocycles. The summed E-state index contributed by atoms with van der Waals surface area (Å²) in [4.78, 5) is 30.9. The Balaban J connectivity index is 1.90. The van der Waals surface area contributed by atoms with Gasteiger partial charge in [0.2, 0.25) is 0 Å². The third-order valence-corrected chi connectivity index (χ3v) is 4.71. The summed E-state index contributed by atoms with van der Waals surface area (Å²) in [6.07, 6.45) is 3.49. The van der Waals surface area contributed by atoms with E-state index in [-0.39, 0.29) is 12.5 Å². The van der Waals surface area contributed by atoms with Gasteiger partial charge < -0.3 is 14.2 Å². The summed E-state index contributed by atoms with van der Waals surface area (Å²) in [5.74, 6) is -0.466. The monoisotopic (exact) mass is 347 g/mol. The van der Waals surface area contributed by atoms with Crippen LogP contribution in [0.1, 0.15) is 12.0 Å². The van der Waals surface area contributed by atoms with Gasteiger partial charge in [-0.15, -0.1) is 0 Å². The second-order valence-electron chi connectivity index (χ2n) is 6.06. The lowest BCUT2D eigenvalue weighted by Gasteiger charge is -2.49. The lowest BCUT2D eigenvalue weighted by atomic mass is 9.70. The number of esters is 2. The van der Waals surface area contributed by atoms with Crippen molar-refractivity contribution >= 4 is 11.9 Å². The number of carbonyl (C=O) groups is 2. The first-order chi connectivity index (χ1) is 12.0. The molecule has 25 heavy (non-hydrogen) atoms. The van der Waals surface area contributed by atoms with Gasteiger partial charge in [-0.05, 0) is 17.7 Å². The van der Waals surface area contributed by atoms with Crippen LogP contribution in [0.15, 0.2) is 36.4 Å². The van der Waals surface area contributed by atoms with Crippen LogP contribution in [0.4, 0.5) is 0 Å². The normalized spacial score (nSPS) is 24.0. The Hall–Kier alpha value is -2.38. The Morgan fingerprint density at radius 2 is 1.76 bits per heavy atom. The predicted octanol–water partition coefficient (Wildman–Crippen LogP) is 1.47. The van der Waals surface area contributed by atoms with Gasteiger partial charge in [0.05, 0.1) is 33.5 Å². The van der Waals surface area contributed by atoms with E-state index in [9.17, 15) is 9.59 Å². The number of carbonyl (C=O) groups excluding carboxylic acids is 2. The van der Waals surface area contributed by atoms with E-state index in [0.717, 1.165) is 11.3 Å². The summed E-state index contributed by atoms with van der Waals surface area (Å²) in [6, 6.07) is 6.92. The van der Waals surface area contributed by atoms with Gasteiger partial charge >= 0.3 is 11.9 Å². The molecule has 7 nitrogen and oxygen atoms in total. The van der Waals surface area contributed by atoms with Crippen molar-refractivity contribution in [3.05, 3.63) is 42.0 Å². The van der Waals surface area contributed by atoms with E-state index in [4.69, 9.17) is 19.0 Å². The predicted molar refractivity (Wildman–Crippen MR) is 87.4 cm³/mol. The van der Waals surface area contributed by atoms with Crippen LogP contribution in [0.3, 0.4) is 0 Å². The molecule has 0 spiro atoms. The largest absolute Gasteiger partial charge is 0.497 e. The van der Waals surface area contributed by atoms with E-state index in [1.807, 2.05) is 36.4 Å². The van der Waals surface area contributed by atoms with Crippen LogP contribution in [0.25, 0.3) is 0 Å². The van der Waals surface area contributed by atoms with Crippen LogP contribution in [0, 0.1) is 5.41 Å². The number of nitrogens with zero attached hydrogens (tertiary/aromatic N) is 1. The second-order valence-corrected chi connectivity index (χ2v) is 6.06. The maximum absolute atomic E-state index is 12.5. The molecular weight excluding hydrogens is 326 g/mol. The lowest BCUT2D eigenvalue weighted by molar-refractivity contribution is -0.276. The van der Waals surface area contributed by atoms with Crippen molar-refractivity contribution in [1.82, 2.24) is 5.06 Å². The molecule has 134 valence electrons. The number of methoxy groups -OCH3 is 3. The topological polar surface area (TPSA) is 74.3 Å². The Bertz CT molecular complexity index is 667. The van der Waals surface area contributed by atoms with E-state index in [1.165, 1.54) is 14.2 Å². The summed E-state index contributed by atoms with van der Waals surface area (Å²) in [5.41, 5.74) is -0.460. The Morgan fingerprint density at radius 3 is 2.28 bits per heavy atom. The molecule has 4 rings (SSSR count).